The maximum absolute atomic E-state index is 15.9. The summed E-state index contributed by atoms with van der Waals surface area (Å²) in [6.45, 7) is 7.81. The van der Waals surface area contributed by atoms with Gasteiger partial charge in [0, 0.05) is 0 Å². The third-order valence-corrected chi connectivity index (χ3v) is 15.4. The number of hydrogen-bond donors (Lipinski definition) is 0. The molecule has 2 aliphatic carbocycles. The van der Waals surface area contributed by atoms with Crippen molar-refractivity contribution in [2.75, 3.05) is 0 Å². The molecule has 0 N–H and O–H groups in total. The molecule has 0 saturated heterocycles. The van der Waals surface area contributed by atoms with Crippen LogP contribution >= 0.6 is 7.92 Å². The maximum Gasteiger partial charge on any atom is 0.200 e. The molecule has 0 aromatic heterocycles. The number of fused-ring (bicyclic) bond motifs is 2. The van der Waals surface area contributed by atoms with Crippen LogP contribution in [-0.2, 0) is 0 Å². The Morgan fingerprint density at radius 1 is 0.469 bits per heavy atom. The standard InChI is InChI=1S/C37H33BF10P/c1-14-9-16(3)35(17(4)10-14)49(36-18(5)11-15(2)12-19(36)6)37-21-8-7-20(13-21)22(37)38(23-25(39)29(43)33(47)30(44)26(23)40)24-27(41)31(45)34(48)32(46)28(24)42/h9-12,20-22,37-38H,7-8,13H2,1-6H3/q-1/p+1/t20-,21+,22+,37+/m0/s1. The highest BCUT2D eigenvalue weighted by molar-refractivity contribution is 7.74. The second-order valence-corrected chi connectivity index (χ2v) is 16.7. The summed E-state index contributed by atoms with van der Waals surface area (Å²) in [7, 11) is -2.17. The van der Waals surface area contributed by atoms with Gasteiger partial charge in [-0.1, -0.05) is 47.7 Å². The van der Waals surface area contributed by atoms with Gasteiger partial charge in [0.1, 0.15) is 33.9 Å². The van der Waals surface area contributed by atoms with E-state index >= 15 is 17.6 Å². The van der Waals surface area contributed by atoms with Crippen LogP contribution in [0.4, 0.5) is 43.9 Å². The number of halogens is 10. The predicted molar refractivity (Wildman–Crippen MR) is 176 cm³/mol. The average molecular weight is 710 g/mol. The minimum Gasteiger partial charge on any atom is -0.207 e. The molecule has 12 heteroatoms. The lowest BCUT2D eigenvalue weighted by molar-refractivity contribution is 0.381. The Kier molecular flexibility index (Phi) is 9.25. The van der Waals surface area contributed by atoms with Crippen molar-refractivity contribution in [2.24, 2.45) is 11.8 Å². The van der Waals surface area contributed by atoms with Crippen LogP contribution in [0.5, 0.6) is 0 Å². The smallest absolute Gasteiger partial charge is 0.200 e. The Morgan fingerprint density at radius 3 is 1.12 bits per heavy atom. The normalized spacial score (nSPS) is 20.4. The van der Waals surface area contributed by atoms with Gasteiger partial charge in [-0.25, -0.2) is 43.9 Å². The van der Waals surface area contributed by atoms with Gasteiger partial charge in [-0.2, -0.15) is 0 Å². The lowest BCUT2D eigenvalue weighted by atomic mass is 9.30. The lowest BCUT2D eigenvalue weighted by Crippen LogP contribution is -2.57. The van der Waals surface area contributed by atoms with Gasteiger partial charge in [-0.15, -0.1) is 16.7 Å². The van der Waals surface area contributed by atoms with Crippen molar-refractivity contribution in [3.05, 3.63) is 116 Å². The largest absolute Gasteiger partial charge is 0.207 e. The van der Waals surface area contributed by atoms with Gasteiger partial charge in [-0.3, -0.25) is 0 Å². The molecule has 4 aromatic carbocycles. The SMILES string of the molecule is Cc1cc(C)c([PH+](c2c(C)cc(C)cc2C)[C@@H]2[C@@H]3CC[C@@H](C3)[C@H]2[BH-](c2c(F)c(F)c(F)c(F)c2F)c2c(F)c(F)c(F)c(F)c2F)c(C)c1. The van der Waals surface area contributed by atoms with Crippen molar-refractivity contribution in [1.29, 1.82) is 0 Å². The lowest BCUT2D eigenvalue weighted by Gasteiger charge is -2.44. The molecule has 0 nitrogen and oxygen atoms in total. The molecule has 4 atom stereocenters. The van der Waals surface area contributed by atoms with Gasteiger partial charge >= 0.3 is 0 Å². The average Bonchev–Trinajstić information content (AvgIpc) is 3.64. The van der Waals surface area contributed by atoms with Gasteiger partial charge in [0.25, 0.3) is 0 Å². The second-order valence-electron chi connectivity index (χ2n) is 14.2. The first kappa shape index (κ1) is 35.5. The van der Waals surface area contributed by atoms with E-state index in [1.54, 1.807) is 0 Å². The molecule has 2 aliphatic rings. The van der Waals surface area contributed by atoms with E-state index in [4.69, 9.17) is 0 Å². The van der Waals surface area contributed by atoms with E-state index in [1.165, 1.54) is 0 Å². The summed E-state index contributed by atoms with van der Waals surface area (Å²) in [5.74, 6) is -25.6. The molecule has 4 aromatic rings. The Labute approximate surface area is 279 Å². The Morgan fingerprint density at radius 2 is 0.776 bits per heavy atom. The molecule has 0 amide bonds. The molecular weight excluding hydrogens is 676 g/mol. The van der Waals surface area contributed by atoms with Crippen LogP contribution < -0.4 is 21.5 Å². The highest BCUT2D eigenvalue weighted by Gasteiger charge is 2.57. The molecule has 0 aliphatic heterocycles. The molecule has 260 valence electrons. The molecule has 2 bridgehead atoms. The van der Waals surface area contributed by atoms with E-state index in [0.717, 1.165) is 44.0 Å². The third-order valence-electron chi connectivity index (χ3n) is 11.1. The number of benzene rings is 4. The van der Waals surface area contributed by atoms with Crippen LogP contribution in [0.1, 0.15) is 52.6 Å². The van der Waals surface area contributed by atoms with E-state index < -0.39 is 101 Å². The molecule has 0 unspecified atom stereocenters. The zero-order chi connectivity index (χ0) is 36.0. The van der Waals surface area contributed by atoms with E-state index in [2.05, 4.69) is 0 Å². The molecule has 49 heavy (non-hydrogen) atoms. The van der Waals surface area contributed by atoms with E-state index in [0.29, 0.717) is 19.3 Å². The summed E-state index contributed by atoms with van der Waals surface area (Å²) in [5, 5.41) is 1.86. The summed E-state index contributed by atoms with van der Waals surface area (Å²) in [5.41, 5.74) is 1.85. The summed E-state index contributed by atoms with van der Waals surface area (Å²) >= 11 is 0. The minimum absolute atomic E-state index is 0.207. The molecule has 0 radical (unpaired) electrons. The van der Waals surface area contributed by atoms with Crippen LogP contribution in [0, 0.1) is 112 Å². The maximum atomic E-state index is 15.9. The van der Waals surface area contributed by atoms with Gasteiger partial charge in [0.05, 0.1) is 20.3 Å². The topological polar surface area (TPSA) is 0 Å². The molecule has 2 saturated carbocycles. The quantitative estimate of drug-likeness (QED) is 0.0622. The molecular formula is C37H34BF10P. The number of hydrogen-bond acceptors (Lipinski definition) is 0. The molecule has 6 rings (SSSR count). The number of aryl methyl sites for hydroxylation is 6. The van der Waals surface area contributed by atoms with Crippen LogP contribution in [0.25, 0.3) is 0 Å². The molecule has 2 fully saturated rings. The summed E-state index contributed by atoms with van der Waals surface area (Å²) in [6, 6.07) is 7.91. The highest BCUT2D eigenvalue weighted by atomic mass is 31.1. The van der Waals surface area contributed by atoms with Gasteiger partial charge in [-0.05, 0) is 82.6 Å². The second kappa shape index (κ2) is 12.8. The fourth-order valence-electron chi connectivity index (χ4n) is 9.73. The highest BCUT2D eigenvalue weighted by Crippen LogP contribution is 2.65. The van der Waals surface area contributed by atoms with Crippen LogP contribution in [0.2, 0.25) is 5.82 Å². The van der Waals surface area contributed by atoms with Crippen molar-refractivity contribution in [2.45, 2.75) is 72.3 Å². The Balaban J connectivity index is 1.75. The van der Waals surface area contributed by atoms with E-state index in [1.807, 2.05) is 65.8 Å². The fourth-order valence-corrected chi connectivity index (χ4v) is 14.3. The van der Waals surface area contributed by atoms with E-state index in [-0.39, 0.29) is 5.92 Å². The van der Waals surface area contributed by atoms with Crippen LogP contribution in [0.3, 0.4) is 0 Å². The van der Waals surface area contributed by atoms with Crippen molar-refractivity contribution < 1.29 is 43.9 Å². The predicted octanol–water partition coefficient (Wildman–Crippen LogP) is 8.30. The minimum atomic E-state index is -3.70. The molecule has 0 spiro atoms. The monoisotopic (exact) mass is 710 g/mol. The van der Waals surface area contributed by atoms with Crippen molar-refractivity contribution in [1.82, 2.24) is 0 Å². The molecule has 0 heterocycles. The third kappa shape index (κ3) is 5.50. The zero-order valence-electron chi connectivity index (χ0n) is 27.7. The van der Waals surface area contributed by atoms with Crippen LogP contribution in [-0.4, -0.2) is 12.4 Å². The zero-order valence-corrected chi connectivity index (χ0v) is 28.7. The summed E-state index contributed by atoms with van der Waals surface area (Å²) in [4.78, 5) is 0. The first-order chi connectivity index (χ1) is 23.0. The summed E-state index contributed by atoms with van der Waals surface area (Å²) in [6.07, 6.45) is 1.42. The fraction of sp³-hybridized carbons (Fsp3) is 0.351. The van der Waals surface area contributed by atoms with Crippen molar-refractivity contribution >= 4 is 36.2 Å². The van der Waals surface area contributed by atoms with Crippen molar-refractivity contribution in [3.63, 3.8) is 0 Å². The van der Waals surface area contributed by atoms with Gasteiger partial charge in [0.15, 0.2) is 34.9 Å². The van der Waals surface area contributed by atoms with Crippen LogP contribution in [0.15, 0.2) is 24.3 Å². The first-order valence-electron chi connectivity index (χ1n) is 16.2. The summed E-state index contributed by atoms with van der Waals surface area (Å²) < 4.78 is 152. The Bertz CT molecular complexity index is 1800. The van der Waals surface area contributed by atoms with Crippen molar-refractivity contribution in [3.8, 4) is 0 Å². The van der Waals surface area contributed by atoms with Gasteiger partial charge in [0.2, 0.25) is 0 Å². The first-order valence-corrected chi connectivity index (χ1v) is 17.8. The van der Waals surface area contributed by atoms with Gasteiger partial charge < -0.3 is 0 Å². The number of rotatable bonds is 6. The van der Waals surface area contributed by atoms with E-state index in [9.17, 15) is 26.3 Å². The Hall–Kier alpha value is -3.33.